The number of aliphatic hydroxyl groups excluding tert-OH is 1. The monoisotopic (exact) mass is 293 g/mol. The van der Waals surface area contributed by atoms with Gasteiger partial charge in [0.25, 0.3) is 0 Å². The Hall–Kier alpha value is -0.0897. The van der Waals surface area contributed by atoms with Gasteiger partial charge in [0.1, 0.15) is 11.9 Å². The van der Waals surface area contributed by atoms with E-state index in [-0.39, 0.29) is 40.0 Å². The molecule has 0 fully saturated rings. The van der Waals surface area contributed by atoms with Gasteiger partial charge in [-0.15, -0.1) is 0 Å². The second kappa shape index (κ2) is 8.24. The average molecular weight is 294 g/mol. The van der Waals surface area contributed by atoms with Crippen LogP contribution < -0.4 is 0 Å². The summed E-state index contributed by atoms with van der Waals surface area (Å²) in [6, 6.07) is 0. The van der Waals surface area contributed by atoms with Crippen molar-refractivity contribution in [3.8, 4) is 0 Å². The van der Waals surface area contributed by atoms with Gasteiger partial charge in [-0.3, -0.25) is 4.79 Å². The molecule has 0 aromatic rings. The third kappa shape index (κ3) is 7.33. The number of aliphatic hydroxyl groups is 1. The minimum Gasteiger partial charge on any atom is -0.509 e. The summed E-state index contributed by atoms with van der Waals surface area (Å²) in [5.74, 6) is -0.0859. The first-order chi connectivity index (χ1) is 5.97. The standard InChI is InChI=1S/C10H18O3.Ag/c1-5-9(11)6-10(12)8(4)13-7(2)3;/h6-8,12H,5H2,1-4H3;/b10-6-;. The van der Waals surface area contributed by atoms with Crippen LogP contribution in [0.1, 0.15) is 34.1 Å². The van der Waals surface area contributed by atoms with Crippen molar-refractivity contribution in [3.63, 3.8) is 0 Å². The minimum absolute atomic E-state index is 0. The molecule has 0 rings (SSSR count). The first-order valence-electron chi connectivity index (χ1n) is 4.56. The van der Waals surface area contributed by atoms with Gasteiger partial charge in [-0.25, -0.2) is 0 Å². The van der Waals surface area contributed by atoms with Crippen molar-refractivity contribution in [1.29, 1.82) is 0 Å². The van der Waals surface area contributed by atoms with Crippen LogP contribution in [0.4, 0.5) is 0 Å². The van der Waals surface area contributed by atoms with Gasteiger partial charge in [0.15, 0.2) is 5.78 Å². The number of ketones is 1. The van der Waals surface area contributed by atoms with E-state index in [4.69, 9.17) is 4.74 Å². The van der Waals surface area contributed by atoms with Crippen LogP contribution in [-0.4, -0.2) is 23.1 Å². The molecule has 0 amide bonds. The topological polar surface area (TPSA) is 46.5 Å². The van der Waals surface area contributed by atoms with Gasteiger partial charge in [0.05, 0.1) is 6.10 Å². The predicted molar refractivity (Wildman–Crippen MR) is 51.7 cm³/mol. The van der Waals surface area contributed by atoms with Gasteiger partial charge in [-0.1, -0.05) is 6.92 Å². The third-order valence-electron chi connectivity index (χ3n) is 1.55. The summed E-state index contributed by atoms with van der Waals surface area (Å²) in [6.07, 6.45) is 1.27. The Morgan fingerprint density at radius 2 is 1.93 bits per heavy atom. The first kappa shape index (κ1) is 16.3. The first-order valence-corrected chi connectivity index (χ1v) is 4.56. The molecule has 4 heteroatoms. The van der Waals surface area contributed by atoms with Crippen molar-refractivity contribution in [3.05, 3.63) is 11.8 Å². The molecule has 1 radical (unpaired) electrons. The number of allylic oxidation sites excluding steroid dienone is 1. The molecule has 0 saturated heterocycles. The van der Waals surface area contributed by atoms with E-state index in [1.165, 1.54) is 6.08 Å². The van der Waals surface area contributed by atoms with E-state index in [1.807, 2.05) is 13.8 Å². The van der Waals surface area contributed by atoms with Gasteiger partial charge in [-0.2, -0.15) is 0 Å². The van der Waals surface area contributed by atoms with Gasteiger partial charge in [0, 0.05) is 34.9 Å². The molecular weight excluding hydrogens is 276 g/mol. The quantitative estimate of drug-likeness (QED) is 0.480. The largest absolute Gasteiger partial charge is 0.509 e. The van der Waals surface area contributed by atoms with Crippen LogP contribution in [0.2, 0.25) is 0 Å². The summed E-state index contributed by atoms with van der Waals surface area (Å²) in [5.41, 5.74) is 0. The summed E-state index contributed by atoms with van der Waals surface area (Å²) >= 11 is 0. The predicted octanol–water partition coefficient (Wildman–Crippen LogP) is 2.22. The normalized spacial score (nSPS) is 13.6. The van der Waals surface area contributed by atoms with Crippen molar-refractivity contribution in [1.82, 2.24) is 0 Å². The van der Waals surface area contributed by atoms with E-state index in [9.17, 15) is 9.90 Å². The Kier molecular flexibility index (Phi) is 9.62. The smallest absolute Gasteiger partial charge is 0.158 e. The van der Waals surface area contributed by atoms with E-state index in [0.29, 0.717) is 6.42 Å². The van der Waals surface area contributed by atoms with Crippen LogP contribution in [0.5, 0.6) is 0 Å². The molecule has 0 saturated carbocycles. The molecular formula is C10H18AgO3. The second-order valence-corrected chi connectivity index (χ2v) is 3.22. The fourth-order valence-electron chi connectivity index (χ4n) is 0.862. The molecule has 0 heterocycles. The number of carbonyl (C=O) groups excluding carboxylic acids is 1. The SMILES string of the molecule is CCC(=O)/C=C(\O)C(C)OC(C)C.[Ag]. The van der Waals surface area contributed by atoms with Crippen LogP contribution in [-0.2, 0) is 31.9 Å². The maximum Gasteiger partial charge on any atom is 0.158 e. The Bertz CT molecular complexity index is 200. The van der Waals surface area contributed by atoms with E-state index < -0.39 is 6.10 Å². The van der Waals surface area contributed by atoms with Crippen LogP contribution in [0.15, 0.2) is 11.8 Å². The number of hydrogen-bond donors (Lipinski definition) is 1. The molecule has 0 aromatic heterocycles. The second-order valence-electron chi connectivity index (χ2n) is 3.22. The molecule has 14 heavy (non-hydrogen) atoms. The van der Waals surface area contributed by atoms with Crippen LogP contribution in [0, 0.1) is 0 Å². The molecule has 3 nitrogen and oxygen atoms in total. The molecule has 1 atom stereocenters. The van der Waals surface area contributed by atoms with Crippen LogP contribution in [0.25, 0.3) is 0 Å². The molecule has 0 spiro atoms. The minimum atomic E-state index is -0.407. The Balaban J connectivity index is 0. The van der Waals surface area contributed by atoms with Crippen molar-refractivity contribution in [2.24, 2.45) is 0 Å². The Morgan fingerprint density at radius 3 is 2.29 bits per heavy atom. The number of ether oxygens (including phenoxy) is 1. The Morgan fingerprint density at radius 1 is 1.43 bits per heavy atom. The van der Waals surface area contributed by atoms with Crippen molar-refractivity contribution in [2.75, 3.05) is 0 Å². The van der Waals surface area contributed by atoms with Gasteiger partial charge < -0.3 is 9.84 Å². The maximum absolute atomic E-state index is 10.9. The fourth-order valence-corrected chi connectivity index (χ4v) is 0.862. The summed E-state index contributed by atoms with van der Waals surface area (Å²) in [7, 11) is 0. The molecule has 87 valence electrons. The molecule has 0 aromatic carbocycles. The van der Waals surface area contributed by atoms with Gasteiger partial charge in [0.2, 0.25) is 0 Å². The van der Waals surface area contributed by atoms with Crippen LogP contribution >= 0.6 is 0 Å². The van der Waals surface area contributed by atoms with Crippen molar-refractivity contribution >= 4 is 5.78 Å². The van der Waals surface area contributed by atoms with Crippen molar-refractivity contribution in [2.45, 2.75) is 46.3 Å². The zero-order valence-corrected chi connectivity index (χ0v) is 10.5. The fraction of sp³-hybridized carbons (Fsp3) is 0.700. The summed E-state index contributed by atoms with van der Waals surface area (Å²) in [4.78, 5) is 10.9. The number of hydrogen-bond acceptors (Lipinski definition) is 3. The molecule has 0 aliphatic rings. The van der Waals surface area contributed by atoms with Crippen LogP contribution in [0.3, 0.4) is 0 Å². The number of rotatable bonds is 5. The Labute approximate surface area is 101 Å². The summed E-state index contributed by atoms with van der Waals surface area (Å²) in [6.45, 7) is 7.23. The molecule has 0 aliphatic carbocycles. The van der Waals surface area contributed by atoms with Gasteiger partial charge >= 0.3 is 0 Å². The van der Waals surface area contributed by atoms with E-state index in [2.05, 4.69) is 0 Å². The molecule has 0 aliphatic heterocycles. The molecule has 0 bridgehead atoms. The van der Waals surface area contributed by atoms with E-state index in [0.717, 1.165) is 0 Å². The van der Waals surface area contributed by atoms with Crippen molar-refractivity contribution < 1.29 is 37.0 Å². The number of carbonyl (C=O) groups is 1. The molecule has 1 unspecified atom stereocenters. The average Bonchev–Trinajstić information content (AvgIpc) is 2.02. The zero-order chi connectivity index (χ0) is 10.4. The van der Waals surface area contributed by atoms with E-state index >= 15 is 0 Å². The van der Waals surface area contributed by atoms with Gasteiger partial charge in [-0.05, 0) is 20.8 Å². The molecule has 1 N–H and O–H groups in total. The third-order valence-corrected chi connectivity index (χ3v) is 1.55. The summed E-state index contributed by atoms with van der Waals surface area (Å²) in [5, 5.41) is 9.38. The maximum atomic E-state index is 10.9. The van der Waals surface area contributed by atoms with E-state index in [1.54, 1.807) is 13.8 Å². The zero-order valence-electron chi connectivity index (χ0n) is 9.00. The summed E-state index contributed by atoms with van der Waals surface area (Å²) < 4.78 is 5.29.